The highest BCUT2D eigenvalue weighted by Crippen LogP contribution is 2.49. The van der Waals surface area contributed by atoms with Gasteiger partial charge in [-0.25, -0.2) is 8.78 Å². The number of pyridine rings is 1. The number of nitrogens with zero attached hydrogens (tertiary/aromatic N) is 5. The number of rotatable bonds is 7. The van der Waals surface area contributed by atoms with Crippen LogP contribution in [0.3, 0.4) is 0 Å². The lowest BCUT2D eigenvalue weighted by Crippen LogP contribution is -2.57. The first-order chi connectivity index (χ1) is 23.8. The number of phenols is 1. The quantitative estimate of drug-likeness (QED) is 0.231. The van der Waals surface area contributed by atoms with E-state index in [1.165, 1.54) is 30.5 Å². The number of halogens is 2. The van der Waals surface area contributed by atoms with Gasteiger partial charge in [0.2, 0.25) is 0 Å². The highest BCUT2D eigenvalue weighted by atomic mass is 19.1. The Kier molecular flexibility index (Phi) is 8.29. The highest BCUT2D eigenvalue weighted by molar-refractivity contribution is 6.03. The number of ether oxygens (including phenoxy) is 2. The van der Waals surface area contributed by atoms with E-state index >= 15 is 4.39 Å². The Labute approximate surface area is 284 Å². The normalized spacial score (nSPS) is 24.0. The third kappa shape index (κ3) is 5.73. The second kappa shape index (κ2) is 12.7. The van der Waals surface area contributed by atoms with E-state index in [9.17, 15) is 14.6 Å². The lowest BCUT2D eigenvalue weighted by molar-refractivity contribution is -0.0921. The summed E-state index contributed by atoms with van der Waals surface area (Å²) in [5.74, 6) is 1.40. The van der Waals surface area contributed by atoms with Crippen LogP contribution in [0.1, 0.15) is 63.4 Å². The number of hydrogen-bond donors (Lipinski definition) is 2. The second-order valence-corrected chi connectivity index (χ2v) is 14.3. The lowest BCUT2D eigenvalue weighted by atomic mass is 9.73. The van der Waals surface area contributed by atoms with E-state index < -0.39 is 17.2 Å². The van der Waals surface area contributed by atoms with Gasteiger partial charge in [0.25, 0.3) is 0 Å². The lowest BCUT2D eigenvalue weighted by Gasteiger charge is -2.50. The molecule has 2 atom stereocenters. The molecule has 2 aliphatic carbocycles. The number of aliphatic hydroxyl groups is 1. The van der Waals surface area contributed by atoms with Crippen molar-refractivity contribution >= 4 is 27.5 Å². The number of aromatic nitrogens is 3. The van der Waals surface area contributed by atoms with Crippen molar-refractivity contribution < 1.29 is 28.5 Å². The largest absolute Gasteiger partial charge is 0.508 e. The molecule has 0 unspecified atom stereocenters. The number of β-amino-alcohol motifs (C(OH)–C–C–N with tert-alkyl or cyclic N) is 1. The van der Waals surface area contributed by atoms with Gasteiger partial charge in [-0.1, -0.05) is 18.4 Å². The molecular weight excluding hydrogens is 628 g/mol. The van der Waals surface area contributed by atoms with Crippen molar-refractivity contribution in [3.8, 4) is 35.4 Å². The van der Waals surface area contributed by atoms with E-state index in [-0.39, 0.29) is 44.9 Å². The molecule has 4 aliphatic rings. The molecule has 4 heterocycles. The fourth-order valence-electron chi connectivity index (χ4n) is 8.76. The predicted molar refractivity (Wildman–Crippen MR) is 183 cm³/mol. The molecule has 0 spiro atoms. The molecule has 0 amide bonds. The van der Waals surface area contributed by atoms with Crippen molar-refractivity contribution in [2.75, 3.05) is 50.9 Å². The van der Waals surface area contributed by atoms with Gasteiger partial charge >= 0.3 is 6.01 Å². The van der Waals surface area contributed by atoms with Gasteiger partial charge in [-0.15, -0.1) is 6.42 Å². The monoisotopic (exact) mass is 669 g/mol. The van der Waals surface area contributed by atoms with Gasteiger partial charge in [0.1, 0.15) is 28.6 Å². The first kappa shape index (κ1) is 32.1. The molecule has 2 saturated carbocycles. The summed E-state index contributed by atoms with van der Waals surface area (Å²) in [5.41, 5.74) is -0.667. The number of fused-ring (bicyclic) bond motifs is 3. The van der Waals surface area contributed by atoms with E-state index in [0.29, 0.717) is 62.1 Å². The van der Waals surface area contributed by atoms with Gasteiger partial charge in [-0.3, -0.25) is 9.88 Å². The molecule has 8 rings (SSSR count). The van der Waals surface area contributed by atoms with Crippen LogP contribution in [-0.2, 0) is 4.74 Å². The minimum absolute atomic E-state index is 0.0169. The Hall–Kier alpha value is -4.11. The van der Waals surface area contributed by atoms with Crippen LogP contribution in [0, 0.1) is 29.4 Å². The predicted octanol–water partition coefficient (Wildman–Crippen LogP) is 5.97. The van der Waals surface area contributed by atoms with Crippen LogP contribution in [-0.4, -0.2) is 87.7 Å². The van der Waals surface area contributed by atoms with E-state index in [2.05, 4.69) is 25.7 Å². The topological polar surface area (TPSA) is 104 Å². The molecule has 256 valence electrons. The van der Waals surface area contributed by atoms with Gasteiger partial charge < -0.3 is 24.6 Å². The van der Waals surface area contributed by atoms with Gasteiger partial charge in [0.15, 0.2) is 5.82 Å². The molecule has 2 N–H and O–H groups in total. The summed E-state index contributed by atoms with van der Waals surface area (Å²) in [6.07, 6.45) is 16.0. The molecule has 0 bridgehead atoms. The summed E-state index contributed by atoms with van der Waals surface area (Å²) in [7, 11) is 0. The molecule has 2 aromatic carbocycles. The molecule has 9 nitrogen and oxygen atoms in total. The minimum Gasteiger partial charge on any atom is -0.508 e. The number of hydrogen-bond acceptors (Lipinski definition) is 9. The van der Waals surface area contributed by atoms with E-state index in [0.717, 1.165) is 64.3 Å². The zero-order chi connectivity index (χ0) is 33.8. The summed E-state index contributed by atoms with van der Waals surface area (Å²) in [5, 5.41) is 22.7. The summed E-state index contributed by atoms with van der Waals surface area (Å²) in [6, 6.07) is 5.91. The van der Waals surface area contributed by atoms with Crippen molar-refractivity contribution in [1.29, 1.82) is 0 Å². The van der Waals surface area contributed by atoms with E-state index in [1.54, 1.807) is 0 Å². The van der Waals surface area contributed by atoms with Crippen LogP contribution in [0.5, 0.6) is 11.8 Å². The van der Waals surface area contributed by atoms with Crippen molar-refractivity contribution in [1.82, 2.24) is 19.9 Å². The molecular formula is C38H41F2N5O4. The smallest absolute Gasteiger partial charge is 0.319 e. The van der Waals surface area contributed by atoms with Crippen molar-refractivity contribution in [3.63, 3.8) is 0 Å². The average molecular weight is 670 g/mol. The molecule has 0 radical (unpaired) electrons. The molecule has 49 heavy (non-hydrogen) atoms. The third-order valence-electron chi connectivity index (χ3n) is 11.3. The Morgan fingerprint density at radius 3 is 2.69 bits per heavy atom. The van der Waals surface area contributed by atoms with Gasteiger partial charge in [-0.2, -0.15) is 9.97 Å². The standard InChI is InChI=1S/C38H41F2N5O4/c1-2-26-29(39)9-8-24-19-25(46)20-27(31(24)26)33-32(40)34-28(21-41-33)35(44-15-6-17-48-18-16-44)43-36(42-34)49-23-37-10-3-7-30(37)45(14-5-11-37)22-38(47)12-4-13-38/h1,8-9,19-21,30,46-47H,3-7,10-18,22-23H2/t30-,37-/m1/s1. The van der Waals surface area contributed by atoms with Crippen LogP contribution in [0.2, 0.25) is 0 Å². The number of anilines is 1. The SMILES string of the molecule is C#Cc1c(F)ccc2cc(O)cc(-c3ncc4c(N5CCCOCC5)nc(OC[C@]56CCC[C@H]5N(CC5(O)CCC5)CCC6)nc4c3F)c12. The zero-order valence-corrected chi connectivity index (χ0v) is 27.6. The zero-order valence-electron chi connectivity index (χ0n) is 27.6. The first-order valence-corrected chi connectivity index (χ1v) is 17.5. The summed E-state index contributed by atoms with van der Waals surface area (Å²) >= 11 is 0. The first-order valence-electron chi connectivity index (χ1n) is 17.5. The maximum absolute atomic E-state index is 16.9. The number of phenolic OH excluding ortho intramolecular Hbond substituents is 1. The number of benzene rings is 2. The van der Waals surface area contributed by atoms with Crippen molar-refractivity contribution in [2.45, 2.75) is 69.4 Å². The Balaban J connectivity index is 1.20. The van der Waals surface area contributed by atoms with Gasteiger partial charge in [-0.05, 0) is 81.5 Å². The fraction of sp³-hybridized carbons (Fsp3) is 0.500. The van der Waals surface area contributed by atoms with Crippen LogP contribution in [0.4, 0.5) is 14.6 Å². The summed E-state index contributed by atoms with van der Waals surface area (Å²) < 4.78 is 44.0. The van der Waals surface area contributed by atoms with Crippen LogP contribution >= 0.6 is 0 Å². The van der Waals surface area contributed by atoms with Crippen LogP contribution < -0.4 is 9.64 Å². The molecule has 2 aliphatic heterocycles. The highest BCUT2D eigenvalue weighted by Gasteiger charge is 2.50. The molecule has 4 fully saturated rings. The van der Waals surface area contributed by atoms with Gasteiger partial charge in [0, 0.05) is 54.8 Å². The number of aromatic hydroxyl groups is 1. The average Bonchev–Trinajstić information content (AvgIpc) is 3.34. The van der Waals surface area contributed by atoms with E-state index in [4.69, 9.17) is 20.9 Å². The molecule has 11 heteroatoms. The summed E-state index contributed by atoms with van der Waals surface area (Å²) in [6.45, 7) is 4.39. The second-order valence-electron chi connectivity index (χ2n) is 14.3. The fourth-order valence-corrected chi connectivity index (χ4v) is 8.76. The Morgan fingerprint density at radius 2 is 1.88 bits per heavy atom. The number of piperidine rings is 1. The van der Waals surface area contributed by atoms with Crippen molar-refractivity contribution in [2.24, 2.45) is 5.41 Å². The van der Waals surface area contributed by atoms with Gasteiger partial charge in [0.05, 0.1) is 29.8 Å². The maximum Gasteiger partial charge on any atom is 0.319 e. The van der Waals surface area contributed by atoms with Crippen LogP contribution in [0.25, 0.3) is 32.9 Å². The maximum atomic E-state index is 16.9. The Morgan fingerprint density at radius 1 is 1.02 bits per heavy atom. The Bertz CT molecular complexity index is 1950. The van der Waals surface area contributed by atoms with Crippen LogP contribution in [0.15, 0.2) is 30.5 Å². The molecule has 2 saturated heterocycles. The number of terminal acetylenes is 1. The number of likely N-dealkylation sites (tertiary alicyclic amines) is 1. The van der Waals surface area contributed by atoms with Crippen molar-refractivity contribution in [3.05, 3.63) is 47.7 Å². The van der Waals surface area contributed by atoms with E-state index in [1.807, 2.05) is 0 Å². The minimum atomic E-state index is -0.745. The third-order valence-corrected chi connectivity index (χ3v) is 11.3. The molecule has 4 aromatic rings. The molecule has 2 aromatic heterocycles. The summed E-state index contributed by atoms with van der Waals surface area (Å²) in [4.78, 5) is 18.6.